The molecule has 0 bridgehead atoms. The largest absolute Gasteiger partial charge is 0.381 e. The molecule has 2 aromatic rings. The second-order valence-corrected chi connectivity index (χ2v) is 7.41. The van der Waals surface area contributed by atoms with Gasteiger partial charge < -0.3 is 24.7 Å². The smallest absolute Gasteiger partial charge is 0.191 e. The maximum absolute atomic E-state index is 14.5. The summed E-state index contributed by atoms with van der Waals surface area (Å²) in [5.74, 6) is 1.73. The molecule has 1 unspecified atom stereocenters. The van der Waals surface area contributed by atoms with E-state index in [0.717, 1.165) is 63.1 Å². The number of hydrogen-bond donors (Lipinski definition) is 2. The van der Waals surface area contributed by atoms with Crippen LogP contribution in [0, 0.1) is 18.7 Å². The second-order valence-electron chi connectivity index (χ2n) is 7.41. The van der Waals surface area contributed by atoms with Crippen LogP contribution in [0.1, 0.15) is 31.2 Å². The van der Waals surface area contributed by atoms with Gasteiger partial charge >= 0.3 is 0 Å². The highest BCUT2D eigenvalue weighted by Crippen LogP contribution is 2.17. The van der Waals surface area contributed by atoms with Crippen molar-refractivity contribution in [3.8, 4) is 5.69 Å². The lowest BCUT2D eigenvalue weighted by Crippen LogP contribution is -2.38. The van der Waals surface area contributed by atoms with Gasteiger partial charge in [0.05, 0.1) is 25.4 Å². The van der Waals surface area contributed by atoms with E-state index in [1.54, 1.807) is 23.0 Å². The van der Waals surface area contributed by atoms with Crippen LogP contribution in [-0.4, -0.2) is 55.0 Å². The summed E-state index contributed by atoms with van der Waals surface area (Å²) in [6.45, 7) is 8.95. The van der Waals surface area contributed by atoms with Gasteiger partial charge in [0.15, 0.2) is 5.96 Å². The second kappa shape index (κ2) is 13.6. The summed E-state index contributed by atoms with van der Waals surface area (Å²) < 4.78 is 27.4. The Morgan fingerprint density at radius 3 is 2.94 bits per heavy atom. The van der Waals surface area contributed by atoms with Crippen LogP contribution in [0.25, 0.3) is 5.69 Å². The molecule has 0 amide bonds. The molecule has 1 saturated heterocycles. The normalized spacial score (nSPS) is 16.2. The van der Waals surface area contributed by atoms with Gasteiger partial charge in [0.2, 0.25) is 0 Å². The van der Waals surface area contributed by atoms with E-state index in [-0.39, 0.29) is 29.8 Å². The number of aryl methyl sites for hydroxylation is 1. The summed E-state index contributed by atoms with van der Waals surface area (Å²) in [5, 5.41) is 6.52. The zero-order chi connectivity index (χ0) is 21.2. The van der Waals surface area contributed by atoms with E-state index >= 15 is 0 Å². The number of nitrogens with one attached hydrogen (secondary N) is 2. The maximum Gasteiger partial charge on any atom is 0.191 e. The molecular formula is C22H33FIN5O2. The number of guanidine groups is 1. The Kier molecular flexibility index (Phi) is 11.2. The molecule has 172 valence electrons. The van der Waals surface area contributed by atoms with Crippen molar-refractivity contribution < 1.29 is 13.9 Å². The molecule has 1 atom stereocenters. The minimum absolute atomic E-state index is 0. The number of nitrogens with zero attached hydrogens (tertiary/aromatic N) is 3. The predicted molar refractivity (Wildman–Crippen MR) is 131 cm³/mol. The molecule has 0 radical (unpaired) electrons. The molecular weight excluding hydrogens is 512 g/mol. The molecule has 1 aromatic carbocycles. The summed E-state index contributed by atoms with van der Waals surface area (Å²) in [7, 11) is 0. The highest BCUT2D eigenvalue weighted by molar-refractivity contribution is 14.0. The number of aromatic nitrogens is 2. The van der Waals surface area contributed by atoms with Crippen molar-refractivity contribution in [2.24, 2.45) is 10.9 Å². The minimum Gasteiger partial charge on any atom is -0.381 e. The third-order valence-electron chi connectivity index (χ3n) is 5.00. The van der Waals surface area contributed by atoms with Gasteiger partial charge in [-0.2, -0.15) is 0 Å². The number of imidazole rings is 1. The van der Waals surface area contributed by atoms with Crippen molar-refractivity contribution in [1.82, 2.24) is 20.2 Å². The van der Waals surface area contributed by atoms with Crippen molar-refractivity contribution in [2.75, 3.05) is 39.5 Å². The Morgan fingerprint density at radius 2 is 2.26 bits per heavy atom. The van der Waals surface area contributed by atoms with Gasteiger partial charge in [-0.25, -0.2) is 14.4 Å². The van der Waals surface area contributed by atoms with Crippen LogP contribution < -0.4 is 10.6 Å². The Morgan fingerprint density at radius 1 is 1.39 bits per heavy atom. The monoisotopic (exact) mass is 545 g/mol. The van der Waals surface area contributed by atoms with Gasteiger partial charge in [0.25, 0.3) is 0 Å². The van der Waals surface area contributed by atoms with Gasteiger partial charge in [0.1, 0.15) is 11.6 Å². The first-order valence-corrected chi connectivity index (χ1v) is 10.6. The summed E-state index contributed by atoms with van der Waals surface area (Å²) in [4.78, 5) is 8.71. The van der Waals surface area contributed by atoms with Crippen LogP contribution in [0.15, 0.2) is 35.6 Å². The standard InChI is InChI=1S/C22H32FN5O2.HI/c1-3-24-22(26-8-4-11-29-15-19-7-12-30-16-19)27-14-18-5-6-21(20(23)13-18)28-10-9-25-17(28)2;/h5-6,9-10,13,19H,3-4,7-8,11-12,14-16H2,1-2H3,(H2,24,26,27);1H. The van der Waals surface area contributed by atoms with E-state index < -0.39 is 0 Å². The van der Waals surface area contributed by atoms with E-state index in [0.29, 0.717) is 24.8 Å². The maximum atomic E-state index is 14.5. The first kappa shape index (κ1) is 25.5. The number of ether oxygens (including phenoxy) is 2. The Labute approximate surface area is 200 Å². The fourth-order valence-corrected chi connectivity index (χ4v) is 3.33. The van der Waals surface area contributed by atoms with Crippen molar-refractivity contribution in [3.63, 3.8) is 0 Å². The van der Waals surface area contributed by atoms with E-state index in [2.05, 4.69) is 20.6 Å². The fraction of sp³-hybridized carbons (Fsp3) is 0.545. The van der Waals surface area contributed by atoms with Crippen LogP contribution in [-0.2, 0) is 16.0 Å². The summed E-state index contributed by atoms with van der Waals surface area (Å²) in [6.07, 6.45) is 5.41. The van der Waals surface area contributed by atoms with Crippen molar-refractivity contribution in [1.29, 1.82) is 0 Å². The summed E-state index contributed by atoms with van der Waals surface area (Å²) >= 11 is 0. The average Bonchev–Trinajstić information content (AvgIpc) is 3.40. The highest BCUT2D eigenvalue weighted by Gasteiger charge is 2.15. The lowest BCUT2D eigenvalue weighted by molar-refractivity contribution is 0.0888. The van der Waals surface area contributed by atoms with Crippen LogP contribution in [0.5, 0.6) is 0 Å². The Hall–Kier alpha value is -1.72. The lowest BCUT2D eigenvalue weighted by atomic mass is 10.1. The molecule has 2 N–H and O–H groups in total. The van der Waals surface area contributed by atoms with E-state index in [4.69, 9.17) is 9.47 Å². The molecule has 1 aliphatic rings. The zero-order valence-corrected chi connectivity index (χ0v) is 20.6. The molecule has 0 spiro atoms. The summed E-state index contributed by atoms with van der Waals surface area (Å²) in [6, 6.07) is 5.19. The summed E-state index contributed by atoms with van der Waals surface area (Å²) in [5.41, 5.74) is 1.31. The predicted octanol–water partition coefficient (Wildman–Crippen LogP) is 3.44. The first-order chi connectivity index (χ1) is 14.7. The molecule has 0 saturated carbocycles. The molecule has 1 aromatic heterocycles. The van der Waals surface area contributed by atoms with Crippen LogP contribution in [0.3, 0.4) is 0 Å². The lowest BCUT2D eigenvalue weighted by Gasteiger charge is -2.12. The number of hydrogen-bond acceptors (Lipinski definition) is 4. The first-order valence-electron chi connectivity index (χ1n) is 10.6. The number of aliphatic imine (C=N–C) groups is 1. The molecule has 3 rings (SSSR count). The highest BCUT2D eigenvalue weighted by atomic mass is 127. The van der Waals surface area contributed by atoms with Gasteiger partial charge in [-0.3, -0.25) is 0 Å². The average molecular weight is 545 g/mol. The van der Waals surface area contributed by atoms with Gasteiger partial charge in [-0.15, -0.1) is 24.0 Å². The van der Waals surface area contributed by atoms with Gasteiger partial charge in [-0.05, 0) is 44.4 Å². The van der Waals surface area contributed by atoms with Crippen molar-refractivity contribution >= 4 is 29.9 Å². The number of benzene rings is 1. The third kappa shape index (κ3) is 8.04. The van der Waals surface area contributed by atoms with E-state index in [1.807, 2.05) is 19.9 Å². The van der Waals surface area contributed by atoms with E-state index in [1.165, 1.54) is 6.07 Å². The molecule has 2 heterocycles. The van der Waals surface area contributed by atoms with Crippen LogP contribution in [0.2, 0.25) is 0 Å². The Bertz CT molecular complexity index is 824. The molecule has 1 aliphatic heterocycles. The van der Waals surface area contributed by atoms with Gasteiger partial charge in [-0.1, -0.05) is 6.07 Å². The molecule has 0 aliphatic carbocycles. The molecule has 31 heavy (non-hydrogen) atoms. The SMILES string of the molecule is CCNC(=NCc1ccc(-n2ccnc2C)c(F)c1)NCCCOCC1CCOC1.I. The zero-order valence-electron chi connectivity index (χ0n) is 18.3. The van der Waals surface area contributed by atoms with Crippen molar-refractivity contribution in [3.05, 3.63) is 47.8 Å². The topological polar surface area (TPSA) is 72.7 Å². The van der Waals surface area contributed by atoms with Gasteiger partial charge in [0, 0.05) is 44.6 Å². The molecule has 1 fully saturated rings. The number of rotatable bonds is 10. The molecule has 9 heteroatoms. The molecule has 7 nitrogen and oxygen atoms in total. The fourth-order valence-electron chi connectivity index (χ4n) is 3.33. The van der Waals surface area contributed by atoms with Crippen LogP contribution >= 0.6 is 24.0 Å². The quantitative estimate of drug-likeness (QED) is 0.207. The van der Waals surface area contributed by atoms with Crippen molar-refractivity contribution in [2.45, 2.75) is 33.2 Å². The number of halogens is 2. The van der Waals surface area contributed by atoms with Crippen LogP contribution in [0.4, 0.5) is 4.39 Å². The minimum atomic E-state index is -0.286. The van der Waals surface area contributed by atoms with E-state index in [9.17, 15) is 4.39 Å². The Balaban J connectivity index is 0.00000341. The third-order valence-corrected chi connectivity index (χ3v) is 5.00.